The molecular formula is C16H26N2O2S. The number of benzene rings is 1. The molecule has 21 heavy (non-hydrogen) atoms. The molecule has 1 atom stereocenters. The molecule has 2 rings (SSSR count). The van der Waals surface area contributed by atoms with Gasteiger partial charge in [0.15, 0.2) is 0 Å². The summed E-state index contributed by atoms with van der Waals surface area (Å²) in [6.07, 6.45) is 4.70. The van der Waals surface area contributed by atoms with E-state index in [1.165, 1.54) is 29.0 Å². The van der Waals surface area contributed by atoms with E-state index in [4.69, 9.17) is 0 Å². The fourth-order valence-electron chi connectivity index (χ4n) is 2.72. The van der Waals surface area contributed by atoms with Gasteiger partial charge in [-0.1, -0.05) is 37.3 Å². The second-order valence-corrected chi connectivity index (χ2v) is 7.77. The Morgan fingerprint density at radius 2 is 1.95 bits per heavy atom. The first-order chi connectivity index (χ1) is 10.0. The molecule has 1 aromatic rings. The molecule has 0 spiro atoms. The Kier molecular flexibility index (Phi) is 5.79. The number of rotatable bonds is 9. The first-order valence-electron chi connectivity index (χ1n) is 7.76. The number of hydrogen-bond acceptors (Lipinski definition) is 3. The molecule has 1 aliphatic carbocycles. The zero-order valence-electron chi connectivity index (χ0n) is 13.0. The number of sulfonamides is 1. The quantitative estimate of drug-likeness (QED) is 0.713. The second kappa shape index (κ2) is 7.38. The van der Waals surface area contributed by atoms with Crippen LogP contribution in [0, 0.1) is 5.92 Å². The molecule has 4 nitrogen and oxygen atoms in total. The van der Waals surface area contributed by atoms with Gasteiger partial charge in [0, 0.05) is 19.1 Å². The molecule has 0 saturated heterocycles. The highest BCUT2D eigenvalue weighted by Crippen LogP contribution is 2.40. The van der Waals surface area contributed by atoms with Crippen molar-refractivity contribution in [2.24, 2.45) is 5.92 Å². The summed E-state index contributed by atoms with van der Waals surface area (Å²) in [7, 11) is -3.07. The van der Waals surface area contributed by atoms with E-state index in [1.54, 1.807) is 0 Å². The van der Waals surface area contributed by atoms with Crippen LogP contribution in [-0.2, 0) is 10.0 Å². The molecule has 5 heteroatoms. The summed E-state index contributed by atoms with van der Waals surface area (Å²) < 4.78 is 24.6. The van der Waals surface area contributed by atoms with Crippen LogP contribution in [0.4, 0.5) is 0 Å². The first-order valence-corrected chi connectivity index (χ1v) is 9.60. The van der Waals surface area contributed by atoms with Gasteiger partial charge in [0.25, 0.3) is 0 Å². The minimum Gasteiger partial charge on any atom is -0.310 e. The monoisotopic (exact) mass is 310 g/mol. The van der Waals surface area contributed by atoms with E-state index in [0.717, 1.165) is 18.9 Å². The van der Waals surface area contributed by atoms with Crippen LogP contribution in [0.5, 0.6) is 0 Å². The molecule has 118 valence electrons. The highest BCUT2D eigenvalue weighted by atomic mass is 32.2. The Hall–Kier alpha value is -0.910. The molecule has 0 aromatic heterocycles. The number of hydrogen-bond donors (Lipinski definition) is 1. The van der Waals surface area contributed by atoms with Crippen molar-refractivity contribution in [2.45, 2.75) is 32.2 Å². The average Bonchev–Trinajstić information content (AvgIpc) is 3.27. The van der Waals surface area contributed by atoms with Crippen molar-refractivity contribution in [1.82, 2.24) is 9.62 Å². The van der Waals surface area contributed by atoms with Gasteiger partial charge in [0.1, 0.15) is 0 Å². The molecule has 1 aromatic carbocycles. The summed E-state index contributed by atoms with van der Waals surface area (Å²) in [5.41, 5.74) is 1.34. The van der Waals surface area contributed by atoms with Gasteiger partial charge in [-0.05, 0) is 37.3 Å². The number of nitrogens with zero attached hydrogens (tertiary/aromatic N) is 1. The normalized spacial score (nSPS) is 17.1. The maximum atomic E-state index is 11.5. The molecule has 1 N–H and O–H groups in total. The van der Waals surface area contributed by atoms with E-state index in [1.807, 2.05) is 13.0 Å². The zero-order chi connectivity index (χ0) is 15.3. The van der Waals surface area contributed by atoms with Crippen LogP contribution in [0.15, 0.2) is 30.3 Å². The summed E-state index contributed by atoms with van der Waals surface area (Å²) in [6, 6.07) is 11.0. The van der Waals surface area contributed by atoms with E-state index in [9.17, 15) is 8.42 Å². The summed E-state index contributed by atoms with van der Waals surface area (Å²) in [4.78, 5) is 0. The Balaban J connectivity index is 1.81. The standard InChI is InChI=1S/C16H26N2O2S/c1-3-18(21(2,19)20)13-7-12-17-16(15-10-11-15)14-8-5-4-6-9-14/h4-6,8-9,15-17H,3,7,10-13H2,1-2H3. The molecule has 1 saturated carbocycles. The van der Waals surface area contributed by atoms with E-state index >= 15 is 0 Å². The van der Waals surface area contributed by atoms with Crippen molar-refractivity contribution < 1.29 is 8.42 Å². The molecule has 1 fully saturated rings. The molecule has 1 unspecified atom stereocenters. The summed E-state index contributed by atoms with van der Waals surface area (Å²) in [6.45, 7) is 3.87. The first kappa shape index (κ1) is 16.5. The molecule has 0 heterocycles. The predicted molar refractivity (Wildman–Crippen MR) is 86.6 cm³/mol. The van der Waals surface area contributed by atoms with Crippen LogP contribution in [0.2, 0.25) is 0 Å². The molecule has 0 amide bonds. The third-order valence-corrected chi connectivity index (χ3v) is 5.40. The van der Waals surface area contributed by atoms with Gasteiger partial charge < -0.3 is 5.32 Å². The van der Waals surface area contributed by atoms with Crippen LogP contribution in [0.25, 0.3) is 0 Å². The predicted octanol–water partition coefficient (Wildman–Crippen LogP) is 2.40. The van der Waals surface area contributed by atoms with Gasteiger partial charge in [0.2, 0.25) is 10.0 Å². The van der Waals surface area contributed by atoms with Crippen LogP contribution in [-0.4, -0.2) is 38.6 Å². The third-order valence-electron chi connectivity index (χ3n) is 4.02. The van der Waals surface area contributed by atoms with Crippen LogP contribution in [0.1, 0.15) is 37.8 Å². The van der Waals surface area contributed by atoms with Crippen LogP contribution < -0.4 is 5.32 Å². The second-order valence-electron chi connectivity index (χ2n) is 5.79. The lowest BCUT2D eigenvalue weighted by atomic mass is 10.0. The summed E-state index contributed by atoms with van der Waals surface area (Å²) >= 11 is 0. The smallest absolute Gasteiger partial charge is 0.211 e. The van der Waals surface area contributed by atoms with Gasteiger partial charge in [-0.25, -0.2) is 12.7 Å². The maximum absolute atomic E-state index is 11.5. The van der Waals surface area contributed by atoms with E-state index in [-0.39, 0.29) is 0 Å². The maximum Gasteiger partial charge on any atom is 0.211 e. The SMILES string of the molecule is CCN(CCCNC(c1ccccc1)C1CC1)S(C)(=O)=O. The Labute approximate surface area is 128 Å². The van der Waals surface area contributed by atoms with Crippen LogP contribution >= 0.6 is 0 Å². The van der Waals surface area contributed by atoms with Gasteiger partial charge >= 0.3 is 0 Å². The van der Waals surface area contributed by atoms with Gasteiger partial charge in [-0.2, -0.15) is 0 Å². The molecule has 1 aliphatic rings. The van der Waals surface area contributed by atoms with E-state index < -0.39 is 10.0 Å². The van der Waals surface area contributed by atoms with Crippen molar-refractivity contribution in [3.05, 3.63) is 35.9 Å². The molecule has 0 radical (unpaired) electrons. The summed E-state index contributed by atoms with van der Waals surface area (Å²) in [5, 5.41) is 3.61. The van der Waals surface area contributed by atoms with E-state index in [0.29, 0.717) is 19.1 Å². The zero-order valence-corrected chi connectivity index (χ0v) is 13.8. The minimum absolute atomic E-state index is 0.416. The highest BCUT2D eigenvalue weighted by Gasteiger charge is 2.31. The largest absolute Gasteiger partial charge is 0.310 e. The van der Waals surface area contributed by atoms with Gasteiger partial charge in [-0.15, -0.1) is 0 Å². The fourth-order valence-corrected chi connectivity index (χ4v) is 3.65. The molecule has 0 aliphatic heterocycles. The van der Waals surface area contributed by atoms with Crippen molar-refractivity contribution in [3.63, 3.8) is 0 Å². The number of nitrogens with one attached hydrogen (secondary N) is 1. The summed E-state index contributed by atoms with van der Waals surface area (Å²) in [5.74, 6) is 0.740. The topological polar surface area (TPSA) is 49.4 Å². The van der Waals surface area contributed by atoms with Gasteiger partial charge in [-0.3, -0.25) is 0 Å². The van der Waals surface area contributed by atoms with E-state index in [2.05, 4.69) is 29.6 Å². The lowest BCUT2D eigenvalue weighted by Gasteiger charge is -2.21. The van der Waals surface area contributed by atoms with Crippen molar-refractivity contribution in [2.75, 3.05) is 25.9 Å². The lowest BCUT2D eigenvalue weighted by molar-refractivity contribution is 0.403. The third kappa shape index (κ3) is 5.09. The molecular weight excluding hydrogens is 284 g/mol. The molecule has 0 bridgehead atoms. The van der Waals surface area contributed by atoms with Crippen molar-refractivity contribution in [1.29, 1.82) is 0 Å². The Morgan fingerprint density at radius 3 is 2.48 bits per heavy atom. The Bertz CT molecular complexity index is 526. The van der Waals surface area contributed by atoms with Crippen molar-refractivity contribution >= 4 is 10.0 Å². The average molecular weight is 310 g/mol. The van der Waals surface area contributed by atoms with Crippen LogP contribution in [0.3, 0.4) is 0 Å². The highest BCUT2D eigenvalue weighted by molar-refractivity contribution is 7.88. The van der Waals surface area contributed by atoms with Crippen molar-refractivity contribution in [3.8, 4) is 0 Å². The Morgan fingerprint density at radius 1 is 1.29 bits per heavy atom. The van der Waals surface area contributed by atoms with Gasteiger partial charge in [0.05, 0.1) is 6.26 Å². The fraction of sp³-hybridized carbons (Fsp3) is 0.625. The lowest BCUT2D eigenvalue weighted by Crippen LogP contribution is -2.33. The minimum atomic E-state index is -3.07.